The highest BCUT2D eigenvalue weighted by Crippen LogP contribution is 2.09. The highest BCUT2D eigenvalue weighted by molar-refractivity contribution is 5.04. The number of hydrogen-bond donors (Lipinski definition) is 1. The van der Waals surface area contributed by atoms with Crippen molar-refractivity contribution in [1.29, 1.82) is 0 Å². The van der Waals surface area contributed by atoms with Crippen LogP contribution < -0.4 is 5.73 Å². The average Bonchev–Trinajstić information content (AvgIpc) is 2.69. The van der Waals surface area contributed by atoms with Crippen LogP contribution in [0, 0.1) is 5.92 Å². The fourth-order valence-electron chi connectivity index (χ4n) is 1.89. The van der Waals surface area contributed by atoms with Gasteiger partial charge in [-0.1, -0.05) is 13.3 Å². The molecule has 1 heterocycles. The predicted octanol–water partition coefficient (Wildman–Crippen LogP) is 2.09. The Morgan fingerprint density at radius 1 is 1.53 bits per heavy atom. The van der Waals surface area contributed by atoms with Crippen LogP contribution in [0.4, 0.5) is 0 Å². The molecule has 1 aromatic rings. The molecule has 0 amide bonds. The van der Waals surface area contributed by atoms with Crippen LogP contribution in [0.3, 0.4) is 0 Å². The van der Waals surface area contributed by atoms with Gasteiger partial charge in [0.05, 0.1) is 12.5 Å². The Balaban J connectivity index is 2.30. The van der Waals surface area contributed by atoms with Crippen LogP contribution in [0.25, 0.3) is 0 Å². The van der Waals surface area contributed by atoms with Gasteiger partial charge in [0, 0.05) is 18.7 Å². The van der Waals surface area contributed by atoms with E-state index in [1.807, 2.05) is 6.07 Å². The standard InChI is InChI=1S/C12H22N2O/c1-3-4-11(7-13)8-14(2)9-12-5-6-15-10-12/h5-6,10-11H,3-4,7-9,13H2,1-2H3. The van der Waals surface area contributed by atoms with Crippen LogP contribution in [0.5, 0.6) is 0 Å². The lowest BCUT2D eigenvalue weighted by atomic mass is 10.0. The van der Waals surface area contributed by atoms with E-state index in [0.717, 1.165) is 19.6 Å². The van der Waals surface area contributed by atoms with Gasteiger partial charge in [-0.3, -0.25) is 0 Å². The summed E-state index contributed by atoms with van der Waals surface area (Å²) >= 11 is 0. The molecule has 1 unspecified atom stereocenters. The van der Waals surface area contributed by atoms with Crippen molar-refractivity contribution in [2.24, 2.45) is 11.7 Å². The van der Waals surface area contributed by atoms with Crippen molar-refractivity contribution in [3.8, 4) is 0 Å². The van der Waals surface area contributed by atoms with Gasteiger partial charge in [0.1, 0.15) is 0 Å². The van der Waals surface area contributed by atoms with Gasteiger partial charge in [0.15, 0.2) is 0 Å². The lowest BCUT2D eigenvalue weighted by Gasteiger charge is -2.22. The normalized spacial score (nSPS) is 13.3. The molecular weight excluding hydrogens is 188 g/mol. The van der Waals surface area contributed by atoms with Crippen molar-refractivity contribution in [3.63, 3.8) is 0 Å². The molecule has 0 bridgehead atoms. The van der Waals surface area contributed by atoms with Crippen LogP contribution in [-0.2, 0) is 6.54 Å². The van der Waals surface area contributed by atoms with E-state index in [1.54, 1.807) is 12.5 Å². The van der Waals surface area contributed by atoms with E-state index in [0.29, 0.717) is 5.92 Å². The first-order chi connectivity index (χ1) is 7.26. The molecule has 0 aliphatic heterocycles. The summed E-state index contributed by atoms with van der Waals surface area (Å²) in [5.74, 6) is 0.618. The summed E-state index contributed by atoms with van der Waals surface area (Å²) in [4.78, 5) is 2.30. The first-order valence-electron chi connectivity index (χ1n) is 5.66. The third-order valence-electron chi connectivity index (χ3n) is 2.63. The second-order valence-electron chi connectivity index (χ2n) is 4.22. The first-order valence-corrected chi connectivity index (χ1v) is 5.66. The summed E-state index contributed by atoms with van der Waals surface area (Å²) in [6.45, 7) is 4.99. The Morgan fingerprint density at radius 3 is 2.87 bits per heavy atom. The third kappa shape index (κ3) is 4.49. The quantitative estimate of drug-likeness (QED) is 0.749. The van der Waals surface area contributed by atoms with E-state index in [2.05, 4.69) is 18.9 Å². The van der Waals surface area contributed by atoms with Crippen molar-refractivity contribution in [2.75, 3.05) is 20.1 Å². The molecule has 0 aliphatic rings. The van der Waals surface area contributed by atoms with Crippen molar-refractivity contribution < 1.29 is 4.42 Å². The maximum absolute atomic E-state index is 5.74. The van der Waals surface area contributed by atoms with Crippen molar-refractivity contribution >= 4 is 0 Å². The van der Waals surface area contributed by atoms with Crippen LogP contribution in [0.1, 0.15) is 25.3 Å². The number of furan rings is 1. The van der Waals surface area contributed by atoms with Crippen molar-refractivity contribution in [3.05, 3.63) is 24.2 Å². The third-order valence-corrected chi connectivity index (χ3v) is 2.63. The molecule has 1 atom stereocenters. The molecule has 0 aliphatic carbocycles. The molecule has 0 radical (unpaired) electrons. The summed E-state index contributed by atoms with van der Waals surface area (Å²) in [5, 5.41) is 0. The minimum absolute atomic E-state index is 0.618. The van der Waals surface area contributed by atoms with Crippen LogP contribution in [-0.4, -0.2) is 25.0 Å². The molecule has 0 saturated heterocycles. The zero-order valence-electron chi connectivity index (χ0n) is 9.78. The zero-order chi connectivity index (χ0) is 11.1. The smallest absolute Gasteiger partial charge is 0.0947 e. The Kier molecular flexibility index (Phi) is 5.43. The first kappa shape index (κ1) is 12.3. The SMILES string of the molecule is CCCC(CN)CN(C)Cc1ccoc1. The second-order valence-corrected chi connectivity index (χ2v) is 4.22. The van der Waals surface area contributed by atoms with Crippen LogP contribution in [0.2, 0.25) is 0 Å². The molecule has 86 valence electrons. The summed E-state index contributed by atoms with van der Waals surface area (Å²) < 4.78 is 5.04. The van der Waals surface area contributed by atoms with Crippen molar-refractivity contribution in [2.45, 2.75) is 26.3 Å². The Bertz CT molecular complexity index is 246. The van der Waals surface area contributed by atoms with Gasteiger partial charge >= 0.3 is 0 Å². The Hall–Kier alpha value is -0.800. The van der Waals surface area contributed by atoms with Gasteiger partial charge in [-0.2, -0.15) is 0 Å². The molecule has 2 N–H and O–H groups in total. The van der Waals surface area contributed by atoms with Gasteiger partial charge in [-0.15, -0.1) is 0 Å². The summed E-state index contributed by atoms with van der Waals surface area (Å²) in [6, 6.07) is 2.01. The van der Waals surface area contributed by atoms with E-state index in [1.165, 1.54) is 18.4 Å². The number of hydrogen-bond acceptors (Lipinski definition) is 3. The topological polar surface area (TPSA) is 42.4 Å². The number of nitrogens with zero attached hydrogens (tertiary/aromatic N) is 1. The Labute approximate surface area is 92.2 Å². The number of nitrogens with two attached hydrogens (primary N) is 1. The second kappa shape index (κ2) is 6.64. The number of rotatable bonds is 7. The van der Waals surface area contributed by atoms with E-state index in [4.69, 9.17) is 10.2 Å². The minimum atomic E-state index is 0.618. The van der Waals surface area contributed by atoms with Gasteiger partial charge in [-0.05, 0) is 32.0 Å². The largest absolute Gasteiger partial charge is 0.472 e. The molecule has 15 heavy (non-hydrogen) atoms. The molecule has 3 nitrogen and oxygen atoms in total. The lowest BCUT2D eigenvalue weighted by Crippen LogP contribution is -2.29. The predicted molar refractivity (Wildman–Crippen MR) is 62.5 cm³/mol. The highest BCUT2D eigenvalue weighted by atomic mass is 16.3. The average molecular weight is 210 g/mol. The summed E-state index contributed by atoms with van der Waals surface area (Å²) in [6.07, 6.45) is 5.94. The summed E-state index contributed by atoms with van der Waals surface area (Å²) in [7, 11) is 2.13. The maximum atomic E-state index is 5.74. The van der Waals surface area contributed by atoms with E-state index in [-0.39, 0.29) is 0 Å². The van der Waals surface area contributed by atoms with E-state index >= 15 is 0 Å². The van der Waals surface area contributed by atoms with Gasteiger partial charge in [0.25, 0.3) is 0 Å². The minimum Gasteiger partial charge on any atom is -0.472 e. The molecule has 0 fully saturated rings. The molecule has 1 rings (SSSR count). The van der Waals surface area contributed by atoms with Gasteiger partial charge in [-0.25, -0.2) is 0 Å². The molecule has 1 aromatic heterocycles. The van der Waals surface area contributed by atoms with Crippen molar-refractivity contribution in [1.82, 2.24) is 4.90 Å². The molecule has 3 heteroatoms. The van der Waals surface area contributed by atoms with E-state index < -0.39 is 0 Å². The monoisotopic (exact) mass is 210 g/mol. The highest BCUT2D eigenvalue weighted by Gasteiger charge is 2.09. The Morgan fingerprint density at radius 2 is 2.33 bits per heavy atom. The van der Waals surface area contributed by atoms with Crippen LogP contribution in [0.15, 0.2) is 23.0 Å². The molecular formula is C12H22N2O. The van der Waals surface area contributed by atoms with E-state index in [9.17, 15) is 0 Å². The lowest BCUT2D eigenvalue weighted by molar-refractivity contribution is 0.262. The zero-order valence-corrected chi connectivity index (χ0v) is 9.78. The maximum Gasteiger partial charge on any atom is 0.0947 e. The fraction of sp³-hybridized carbons (Fsp3) is 0.667. The van der Waals surface area contributed by atoms with Gasteiger partial charge in [0.2, 0.25) is 0 Å². The fourth-order valence-corrected chi connectivity index (χ4v) is 1.89. The van der Waals surface area contributed by atoms with Gasteiger partial charge < -0.3 is 15.1 Å². The van der Waals surface area contributed by atoms with Crippen LogP contribution >= 0.6 is 0 Å². The molecule has 0 aromatic carbocycles. The summed E-state index contributed by atoms with van der Waals surface area (Å²) in [5.41, 5.74) is 6.96. The molecule has 0 spiro atoms. The molecule has 0 saturated carbocycles.